The number of hydrogen-bond donors (Lipinski definition) is 0. The lowest BCUT2D eigenvalue weighted by atomic mass is 9.70. The van der Waals surface area contributed by atoms with E-state index in [4.69, 9.17) is 15.0 Å². The minimum absolute atomic E-state index is 0.540. The van der Waals surface area contributed by atoms with Gasteiger partial charge in [-0.15, -0.1) is 0 Å². The largest absolute Gasteiger partial charge is 0.278 e. The number of para-hydroxylation sites is 1. The lowest BCUT2D eigenvalue weighted by Crippen LogP contribution is -2.29. The van der Waals surface area contributed by atoms with Gasteiger partial charge in [0.25, 0.3) is 0 Å². The molecule has 4 nitrogen and oxygen atoms in total. The maximum atomic E-state index is 5.35. The van der Waals surface area contributed by atoms with Gasteiger partial charge in [-0.25, -0.2) is 9.97 Å². The van der Waals surface area contributed by atoms with Gasteiger partial charge in [0.15, 0.2) is 0 Å². The molecule has 8 aromatic carbocycles. The Morgan fingerprint density at radius 3 is 1.98 bits per heavy atom. The predicted molar refractivity (Wildman–Crippen MR) is 237 cm³/mol. The zero-order valence-electron chi connectivity index (χ0n) is 31.4. The van der Waals surface area contributed by atoms with Gasteiger partial charge in [0, 0.05) is 27.9 Å². The summed E-state index contributed by atoms with van der Waals surface area (Å²) in [6.45, 7) is 0. The van der Waals surface area contributed by atoms with Crippen LogP contribution in [0.25, 0.3) is 82.9 Å². The van der Waals surface area contributed by atoms with Crippen molar-refractivity contribution in [3.63, 3.8) is 0 Å². The van der Waals surface area contributed by atoms with Crippen molar-refractivity contribution in [2.75, 3.05) is 0 Å². The van der Waals surface area contributed by atoms with Crippen LogP contribution in [0.5, 0.6) is 0 Å². The monoisotopic (exact) mass is 738 g/mol. The third kappa shape index (κ3) is 4.66. The minimum atomic E-state index is -0.540. The molecule has 3 heterocycles. The van der Waals surface area contributed by atoms with Crippen molar-refractivity contribution in [3.05, 3.63) is 229 Å². The van der Waals surface area contributed by atoms with E-state index in [-0.39, 0.29) is 0 Å². The van der Waals surface area contributed by atoms with Crippen molar-refractivity contribution in [1.29, 1.82) is 0 Å². The predicted octanol–water partition coefficient (Wildman–Crippen LogP) is 13.0. The van der Waals surface area contributed by atoms with E-state index in [0.29, 0.717) is 5.95 Å². The molecular formula is C54H34N4. The summed E-state index contributed by atoms with van der Waals surface area (Å²) >= 11 is 0. The summed E-state index contributed by atoms with van der Waals surface area (Å²) in [5.74, 6) is 0.654. The Bertz CT molecular complexity index is 3350. The fraction of sp³-hybridized carbons (Fsp3) is 0.0185. The third-order valence-electron chi connectivity index (χ3n) is 12.1. The van der Waals surface area contributed by atoms with Crippen molar-refractivity contribution in [1.82, 2.24) is 19.5 Å². The molecule has 0 saturated heterocycles. The van der Waals surface area contributed by atoms with Crippen LogP contribution < -0.4 is 0 Å². The number of rotatable bonds is 5. The number of nitrogens with zero attached hydrogens (tertiary/aromatic N) is 4. The highest BCUT2D eigenvalue weighted by atomic mass is 15.2. The summed E-state index contributed by atoms with van der Waals surface area (Å²) in [4.78, 5) is 15.6. The normalized spacial score (nSPS) is 14.6. The summed E-state index contributed by atoms with van der Waals surface area (Å²) in [5.41, 5.74) is 14.0. The lowest BCUT2D eigenvalue weighted by Gasteiger charge is -2.32. The van der Waals surface area contributed by atoms with Gasteiger partial charge in [0.2, 0.25) is 5.95 Å². The van der Waals surface area contributed by atoms with Crippen LogP contribution in [-0.2, 0) is 5.41 Å². The molecule has 4 heteroatoms. The van der Waals surface area contributed by atoms with E-state index in [1.807, 2.05) is 18.3 Å². The number of fused-ring (bicyclic) bond motifs is 9. The van der Waals surface area contributed by atoms with Crippen molar-refractivity contribution in [2.24, 2.45) is 0 Å². The summed E-state index contributed by atoms with van der Waals surface area (Å²) in [6, 6.07) is 71.7. The highest BCUT2D eigenvalue weighted by Crippen LogP contribution is 2.56. The van der Waals surface area contributed by atoms with E-state index in [1.54, 1.807) is 0 Å². The first-order valence-corrected chi connectivity index (χ1v) is 19.8. The second-order valence-corrected chi connectivity index (χ2v) is 15.1. The van der Waals surface area contributed by atoms with Crippen molar-refractivity contribution < 1.29 is 0 Å². The molecule has 0 fully saturated rings. The molecule has 0 saturated carbocycles. The number of aromatic nitrogens is 4. The first kappa shape index (κ1) is 32.5. The Balaban J connectivity index is 1.10. The summed E-state index contributed by atoms with van der Waals surface area (Å²) in [7, 11) is 0. The van der Waals surface area contributed by atoms with Crippen molar-refractivity contribution >= 4 is 43.5 Å². The van der Waals surface area contributed by atoms with Gasteiger partial charge >= 0.3 is 0 Å². The van der Waals surface area contributed by atoms with Crippen LogP contribution in [0.4, 0.5) is 0 Å². The molecule has 0 aliphatic heterocycles. The maximum absolute atomic E-state index is 5.35. The molecule has 270 valence electrons. The van der Waals surface area contributed by atoms with Gasteiger partial charge in [-0.3, -0.25) is 9.55 Å². The molecule has 1 aliphatic carbocycles. The molecule has 12 rings (SSSR count). The Morgan fingerprint density at radius 2 is 1.12 bits per heavy atom. The summed E-state index contributed by atoms with van der Waals surface area (Å²) in [5, 5.41) is 5.79. The first-order valence-electron chi connectivity index (χ1n) is 19.8. The van der Waals surface area contributed by atoms with Crippen LogP contribution in [0.3, 0.4) is 0 Å². The molecule has 58 heavy (non-hydrogen) atoms. The second-order valence-electron chi connectivity index (χ2n) is 15.1. The van der Waals surface area contributed by atoms with Crippen LogP contribution >= 0.6 is 0 Å². The average molecular weight is 739 g/mol. The van der Waals surface area contributed by atoms with Crippen molar-refractivity contribution in [2.45, 2.75) is 5.41 Å². The average Bonchev–Trinajstić information content (AvgIpc) is 3.80. The van der Waals surface area contributed by atoms with Crippen LogP contribution in [0, 0.1) is 0 Å². The van der Waals surface area contributed by atoms with Crippen LogP contribution in [-0.4, -0.2) is 19.5 Å². The molecule has 1 unspecified atom stereocenters. The number of benzene rings is 8. The Kier molecular flexibility index (Phi) is 7.11. The first-order chi connectivity index (χ1) is 28.8. The topological polar surface area (TPSA) is 43.6 Å². The smallest absolute Gasteiger partial charge is 0.235 e. The van der Waals surface area contributed by atoms with E-state index in [1.165, 1.54) is 44.0 Å². The highest BCUT2D eigenvalue weighted by Gasteiger charge is 2.47. The van der Waals surface area contributed by atoms with Crippen LogP contribution in [0.15, 0.2) is 206 Å². The number of hydrogen-bond acceptors (Lipinski definition) is 3. The van der Waals surface area contributed by atoms with Crippen LogP contribution in [0.2, 0.25) is 0 Å². The standard InChI is InChI=1S/C54H34N4/c1-3-16-36(17-4-1)52-42-22-10-12-24-47(42)56-53(57-52)58-48-30-28-38(34-44(48)51-40-20-8-7-15-35(40)27-31-49(51)58)37-26-29-46-43(33-37)41-21-9-11-23-45(41)54(46,39-18-5-2-6-19-39)50-25-13-14-32-55-50/h1-34H. The third-order valence-corrected chi connectivity index (χ3v) is 12.1. The SMILES string of the molecule is c1ccc(-c2nc(-n3c4ccc(-c5ccc6c(c5)-c5ccccc5C6(c5ccccc5)c5ccccn5)cc4c4c5ccccc5ccc43)nc3ccccc23)cc1. The number of pyridine rings is 1. The lowest BCUT2D eigenvalue weighted by molar-refractivity contribution is 0.735. The summed E-state index contributed by atoms with van der Waals surface area (Å²) in [6.07, 6.45) is 1.91. The molecule has 1 atom stereocenters. The molecule has 1 aliphatic rings. The fourth-order valence-corrected chi connectivity index (χ4v) is 9.64. The van der Waals surface area contributed by atoms with E-state index in [0.717, 1.165) is 55.4 Å². The van der Waals surface area contributed by atoms with Crippen LogP contribution in [0.1, 0.15) is 22.4 Å². The van der Waals surface area contributed by atoms with Gasteiger partial charge in [-0.2, -0.15) is 0 Å². The minimum Gasteiger partial charge on any atom is -0.278 e. The van der Waals surface area contributed by atoms with E-state index in [2.05, 4.69) is 193 Å². The maximum Gasteiger partial charge on any atom is 0.235 e. The van der Waals surface area contributed by atoms with E-state index >= 15 is 0 Å². The Hall–Kier alpha value is -7.69. The zero-order valence-corrected chi connectivity index (χ0v) is 31.4. The van der Waals surface area contributed by atoms with Gasteiger partial charge in [-0.1, -0.05) is 158 Å². The molecule has 0 bridgehead atoms. The zero-order chi connectivity index (χ0) is 38.2. The molecule has 0 spiro atoms. The molecule has 0 radical (unpaired) electrons. The van der Waals surface area contributed by atoms with E-state index < -0.39 is 5.41 Å². The van der Waals surface area contributed by atoms with E-state index in [9.17, 15) is 0 Å². The Labute approximate surface area is 335 Å². The van der Waals surface area contributed by atoms with Crippen molar-refractivity contribution in [3.8, 4) is 39.5 Å². The summed E-state index contributed by atoms with van der Waals surface area (Å²) < 4.78 is 2.25. The van der Waals surface area contributed by atoms with Gasteiger partial charge in [0.1, 0.15) is 0 Å². The molecule has 11 aromatic rings. The molecular weight excluding hydrogens is 705 g/mol. The molecule has 3 aromatic heterocycles. The van der Waals surface area contributed by atoms with Gasteiger partial charge in [-0.05, 0) is 92.2 Å². The molecule has 0 N–H and O–H groups in total. The fourth-order valence-electron chi connectivity index (χ4n) is 9.64. The second kappa shape index (κ2) is 12.7. The van der Waals surface area contributed by atoms with Gasteiger partial charge < -0.3 is 0 Å². The van der Waals surface area contributed by atoms with Gasteiger partial charge in [0.05, 0.1) is 33.4 Å². The Morgan fingerprint density at radius 1 is 0.431 bits per heavy atom. The molecule has 0 amide bonds. The quantitative estimate of drug-likeness (QED) is 0.177. The highest BCUT2D eigenvalue weighted by molar-refractivity contribution is 6.22.